The Labute approximate surface area is 220 Å². The number of fused-ring (bicyclic) bond motifs is 3. The molecule has 0 saturated carbocycles. The fourth-order valence-corrected chi connectivity index (χ4v) is 22.4. The zero-order chi connectivity index (χ0) is 23.5. The molecule has 32 heavy (non-hydrogen) atoms. The molecule has 2 aromatic heterocycles. The molecule has 180 valence electrons. The molecule has 0 aliphatic carbocycles. The van der Waals surface area contributed by atoms with Gasteiger partial charge in [-0.2, -0.15) is 0 Å². The normalized spacial score (nSPS) is 19.8. The molecular formula is C27H45BrS2SiSn. The quantitative estimate of drug-likeness (QED) is 0.188. The number of thiophene rings is 2. The van der Waals surface area contributed by atoms with Crippen molar-refractivity contribution >= 4 is 78.3 Å². The number of rotatable bonds is 13. The van der Waals surface area contributed by atoms with Gasteiger partial charge in [0.05, 0.1) is 0 Å². The van der Waals surface area contributed by atoms with E-state index in [4.69, 9.17) is 0 Å². The summed E-state index contributed by atoms with van der Waals surface area (Å²) in [4.78, 5) is 11.2. The molecule has 0 spiro atoms. The van der Waals surface area contributed by atoms with Gasteiger partial charge in [-0.15, -0.1) is 0 Å². The Kier molecular flexibility index (Phi) is 10.1. The van der Waals surface area contributed by atoms with Gasteiger partial charge in [-0.25, -0.2) is 0 Å². The molecule has 5 heteroatoms. The first kappa shape index (κ1) is 27.5. The zero-order valence-electron chi connectivity index (χ0n) is 21.6. The minimum absolute atomic E-state index is 0.893. The first-order valence-corrected chi connectivity index (χ1v) is 28.0. The SMILES string of the molecule is CCCCC(CC)C[Si]1(CC(CC)CCCC)c2cc(Br)sc2-c2s[c]([Sn]([CH3])([CH3])[CH3])cc21. The van der Waals surface area contributed by atoms with Crippen LogP contribution >= 0.6 is 38.6 Å². The van der Waals surface area contributed by atoms with Gasteiger partial charge in [0.1, 0.15) is 0 Å². The third kappa shape index (κ3) is 5.82. The summed E-state index contributed by atoms with van der Waals surface area (Å²) in [6.07, 6.45) is 11.0. The predicted octanol–water partition coefficient (Wildman–Crippen LogP) is 9.09. The van der Waals surface area contributed by atoms with Crippen LogP contribution < -0.4 is 13.3 Å². The minimum atomic E-state index is -2.10. The van der Waals surface area contributed by atoms with E-state index in [-0.39, 0.29) is 0 Å². The summed E-state index contributed by atoms with van der Waals surface area (Å²) in [7, 11) is -1.75. The van der Waals surface area contributed by atoms with Gasteiger partial charge in [-0.1, -0.05) is 0 Å². The molecule has 3 rings (SSSR count). The summed E-state index contributed by atoms with van der Waals surface area (Å²) < 4.78 is 3.17. The van der Waals surface area contributed by atoms with Crippen LogP contribution in [0.1, 0.15) is 79.1 Å². The Morgan fingerprint density at radius 2 is 1.31 bits per heavy atom. The molecule has 2 unspecified atom stereocenters. The molecular weight excluding hydrogens is 615 g/mol. The first-order valence-electron chi connectivity index (χ1n) is 13.1. The number of hydrogen-bond acceptors (Lipinski definition) is 2. The fourth-order valence-electron chi connectivity index (χ4n) is 5.71. The molecule has 0 aromatic carbocycles. The van der Waals surface area contributed by atoms with Crippen LogP contribution in [-0.2, 0) is 0 Å². The second kappa shape index (κ2) is 11.8. The van der Waals surface area contributed by atoms with Crippen LogP contribution in [0.15, 0.2) is 15.9 Å². The molecule has 0 nitrogen and oxygen atoms in total. The third-order valence-electron chi connectivity index (χ3n) is 7.77. The molecule has 1 aliphatic rings. The van der Waals surface area contributed by atoms with E-state index in [9.17, 15) is 0 Å². The molecule has 1 aliphatic heterocycles. The number of unbranched alkanes of at least 4 members (excludes halogenated alkanes) is 2. The van der Waals surface area contributed by atoms with Crippen molar-refractivity contribution in [2.45, 2.75) is 106 Å². The third-order valence-corrected chi connectivity index (χ3v) is 25.9. The molecule has 3 heterocycles. The summed E-state index contributed by atoms with van der Waals surface area (Å²) >= 11 is 6.06. The van der Waals surface area contributed by atoms with E-state index in [1.165, 1.54) is 67.2 Å². The Morgan fingerprint density at radius 1 is 0.812 bits per heavy atom. The zero-order valence-corrected chi connectivity index (χ0v) is 28.6. The van der Waals surface area contributed by atoms with E-state index in [1.807, 2.05) is 21.7 Å². The van der Waals surface area contributed by atoms with Gasteiger partial charge in [-0.05, 0) is 0 Å². The molecule has 0 saturated heterocycles. The van der Waals surface area contributed by atoms with Crippen LogP contribution in [0, 0.1) is 11.8 Å². The van der Waals surface area contributed by atoms with Crippen molar-refractivity contribution in [3.63, 3.8) is 0 Å². The van der Waals surface area contributed by atoms with E-state index in [2.05, 4.69) is 81.9 Å². The maximum atomic E-state index is 3.92. The fraction of sp³-hybridized carbons (Fsp3) is 0.704. The maximum absolute atomic E-state index is 3.92. The van der Waals surface area contributed by atoms with Gasteiger partial charge in [0.2, 0.25) is 0 Å². The predicted molar refractivity (Wildman–Crippen MR) is 160 cm³/mol. The summed E-state index contributed by atoms with van der Waals surface area (Å²) in [6, 6.07) is 8.36. The van der Waals surface area contributed by atoms with Crippen molar-refractivity contribution in [2.24, 2.45) is 11.8 Å². The second-order valence-corrected chi connectivity index (χ2v) is 34.2. The van der Waals surface area contributed by atoms with Crippen molar-refractivity contribution in [2.75, 3.05) is 0 Å². The van der Waals surface area contributed by atoms with Crippen molar-refractivity contribution in [1.29, 1.82) is 0 Å². The van der Waals surface area contributed by atoms with Crippen molar-refractivity contribution in [1.82, 2.24) is 0 Å². The first-order chi connectivity index (χ1) is 15.2. The number of hydrogen-bond donors (Lipinski definition) is 0. The molecule has 0 fully saturated rings. The standard InChI is InChI=1S/C24H36BrS2Si.3CH3.Sn/c1-5-9-11-18(7-3)16-28(17-19(8-4)12-10-6-2)20-13-14-26-23(20)24-21(28)15-22(25)27-24;;;;/h13,15,18-19H,5-12,16-17H2,1-4H3;3*1H3;. The van der Waals surface area contributed by atoms with Gasteiger partial charge in [0.15, 0.2) is 0 Å². The van der Waals surface area contributed by atoms with Crippen LogP contribution in [-0.4, -0.2) is 26.5 Å². The van der Waals surface area contributed by atoms with Crippen LogP contribution in [0.3, 0.4) is 0 Å². The molecule has 0 radical (unpaired) electrons. The molecule has 0 bridgehead atoms. The summed E-state index contributed by atoms with van der Waals surface area (Å²) in [5.74, 6) is 1.79. The molecule has 2 atom stereocenters. The van der Waals surface area contributed by atoms with Gasteiger partial charge >= 0.3 is 222 Å². The Bertz CT molecular complexity index is 861. The van der Waals surface area contributed by atoms with Crippen molar-refractivity contribution in [3.05, 3.63) is 15.9 Å². The van der Waals surface area contributed by atoms with Gasteiger partial charge < -0.3 is 0 Å². The van der Waals surface area contributed by atoms with E-state index < -0.39 is 26.5 Å². The molecule has 0 amide bonds. The van der Waals surface area contributed by atoms with Crippen molar-refractivity contribution < 1.29 is 0 Å². The summed E-state index contributed by atoms with van der Waals surface area (Å²) in [5.41, 5.74) is 0. The number of halogens is 1. The second-order valence-electron chi connectivity index (χ2n) is 11.2. The monoisotopic (exact) mass is 660 g/mol. The molecule has 2 aromatic rings. The van der Waals surface area contributed by atoms with E-state index in [1.54, 1.807) is 12.6 Å². The van der Waals surface area contributed by atoms with E-state index in [0.29, 0.717) is 0 Å². The molecule has 0 N–H and O–H groups in total. The van der Waals surface area contributed by atoms with E-state index >= 15 is 0 Å². The summed E-state index contributed by atoms with van der Waals surface area (Å²) in [5, 5.41) is 3.69. The van der Waals surface area contributed by atoms with Crippen molar-refractivity contribution in [3.8, 4) is 9.75 Å². The Balaban J connectivity index is 2.14. The van der Waals surface area contributed by atoms with Gasteiger partial charge in [0.25, 0.3) is 0 Å². The van der Waals surface area contributed by atoms with Crippen LogP contribution in [0.2, 0.25) is 26.9 Å². The van der Waals surface area contributed by atoms with Crippen LogP contribution in [0.4, 0.5) is 0 Å². The van der Waals surface area contributed by atoms with Gasteiger partial charge in [0, 0.05) is 0 Å². The van der Waals surface area contributed by atoms with Crippen LogP contribution in [0.5, 0.6) is 0 Å². The van der Waals surface area contributed by atoms with Gasteiger partial charge in [-0.3, -0.25) is 0 Å². The van der Waals surface area contributed by atoms with E-state index in [0.717, 1.165) is 11.8 Å². The topological polar surface area (TPSA) is 0 Å². The Hall–Kier alpha value is 0.896. The van der Waals surface area contributed by atoms with Crippen LogP contribution in [0.25, 0.3) is 9.75 Å². The average molecular weight is 660 g/mol. The summed E-state index contributed by atoms with van der Waals surface area (Å²) in [6.45, 7) is 9.64. The Morgan fingerprint density at radius 3 is 1.78 bits per heavy atom. The average Bonchev–Trinajstić information content (AvgIpc) is 3.41.